The third-order valence-corrected chi connectivity index (χ3v) is 9.60. The lowest BCUT2D eigenvalue weighted by Crippen LogP contribution is -2.19. The third kappa shape index (κ3) is 13.3. The van der Waals surface area contributed by atoms with E-state index in [9.17, 15) is 0 Å². The van der Waals surface area contributed by atoms with Gasteiger partial charge in [0.25, 0.3) is 0 Å². The van der Waals surface area contributed by atoms with Crippen LogP contribution in [0.15, 0.2) is 0 Å². The van der Waals surface area contributed by atoms with Gasteiger partial charge in [-0.25, -0.2) is 0 Å². The first-order valence-electron chi connectivity index (χ1n) is 16.2. The van der Waals surface area contributed by atoms with Crippen LogP contribution in [0.25, 0.3) is 0 Å². The van der Waals surface area contributed by atoms with E-state index in [1.165, 1.54) is 128 Å². The van der Waals surface area contributed by atoms with E-state index in [4.69, 9.17) is 5.73 Å². The van der Waals surface area contributed by atoms with E-state index in [1.807, 2.05) is 0 Å². The van der Waals surface area contributed by atoms with Gasteiger partial charge >= 0.3 is 0 Å². The highest BCUT2D eigenvalue weighted by atomic mass is 14.6. The fourth-order valence-electron chi connectivity index (χ4n) is 6.85. The van der Waals surface area contributed by atoms with Gasteiger partial charge in [0.05, 0.1) is 0 Å². The SMILES string of the molecule is CCCCCCCCCC(N)CCCCCCCCC(C)(C)[C@H]1C[C@@H]1C[C@H]1C[C@H]1CCCCC. The summed E-state index contributed by atoms with van der Waals surface area (Å²) in [6.45, 7) is 9.78. The molecule has 2 N–H and O–H groups in total. The van der Waals surface area contributed by atoms with Crippen molar-refractivity contribution in [2.45, 2.75) is 181 Å². The molecule has 0 aromatic rings. The van der Waals surface area contributed by atoms with Gasteiger partial charge in [-0.1, -0.05) is 137 Å². The molecule has 0 spiro atoms. The molecule has 2 fully saturated rings. The quantitative estimate of drug-likeness (QED) is 0.138. The molecular weight excluding hydrogens is 410 g/mol. The molecular formula is C33H65N. The smallest absolute Gasteiger partial charge is 0.00388 e. The summed E-state index contributed by atoms with van der Waals surface area (Å²) in [7, 11) is 0. The average molecular weight is 476 g/mol. The highest BCUT2D eigenvalue weighted by Crippen LogP contribution is 2.59. The second kappa shape index (κ2) is 17.4. The predicted octanol–water partition coefficient (Wildman–Crippen LogP) is 10.8. The molecule has 0 aromatic carbocycles. The highest BCUT2D eigenvalue weighted by Gasteiger charge is 2.50. The molecule has 0 amide bonds. The molecule has 1 heteroatoms. The summed E-state index contributed by atoms with van der Waals surface area (Å²) in [6.07, 6.45) is 32.9. The first kappa shape index (κ1) is 30.2. The van der Waals surface area contributed by atoms with Crippen molar-refractivity contribution >= 4 is 0 Å². The monoisotopic (exact) mass is 476 g/mol. The van der Waals surface area contributed by atoms with Crippen molar-refractivity contribution in [1.29, 1.82) is 0 Å². The van der Waals surface area contributed by atoms with Crippen LogP contribution in [-0.4, -0.2) is 6.04 Å². The van der Waals surface area contributed by atoms with Crippen LogP contribution < -0.4 is 5.73 Å². The summed E-state index contributed by atoms with van der Waals surface area (Å²) >= 11 is 0. The minimum atomic E-state index is 0.463. The van der Waals surface area contributed by atoms with Crippen LogP contribution in [0.1, 0.15) is 175 Å². The van der Waals surface area contributed by atoms with E-state index in [-0.39, 0.29) is 0 Å². The maximum Gasteiger partial charge on any atom is 0.00388 e. The summed E-state index contributed by atoms with van der Waals surface area (Å²) < 4.78 is 0. The maximum atomic E-state index is 6.36. The standard InChI is InChI=1S/C33H65N/c1-5-7-9-10-11-14-18-22-31(34)23-19-15-12-13-16-20-24-33(3,4)32-27-30(32)26-29-25-28(29)21-17-8-6-2/h28-32H,5-27,34H2,1-4H3/t28-,29-,30+,31?,32+/m1/s1. The fourth-order valence-corrected chi connectivity index (χ4v) is 6.85. The van der Waals surface area contributed by atoms with Crippen molar-refractivity contribution in [3.8, 4) is 0 Å². The Labute approximate surface area is 216 Å². The Morgan fingerprint density at radius 2 is 1.15 bits per heavy atom. The minimum absolute atomic E-state index is 0.463. The lowest BCUT2D eigenvalue weighted by Gasteiger charge is -2.25. The average Bonchev–Trinajstić information content (AvgIpc) is 3.73. The van der Waals surface area contributed by atoms with Gasteiger partial charge in [-0.15, -0.1) is 0 Å². The zero-order valence-electron chi connectivity index (χ0n) is 24.2. The molecule has 0 saturated heterocycles. The van der Waals surface area contributed by atoms with Crippen molar-refractivity contribution in [2.75, 3.05) is 0 Å². The second-order valence-electron chi connectivity index (χ2n) is 13.4. The van der Waals surface area contributed by atoms with Gasteiger partial charge in [-0.05, 0) is 67.6 Å². The predicted molar refractivity (Wildman–Crippen MR) is 153 cm³/mol. The van der Waals surface area contributed by atoms with Crippen molar-refractivity contribution < 1.29 is 0 Å². The molecule has 0 radical (unpaired) electrons. The van der Waals surface area contributed by atoms with E-state index in [0.717, 1.165) is 23.7 Å². The van der Waals surface area contributed by atoms with Crippen LogP contribution in [-0.2, 0) is 0 Å². The molecule has 2 saturated carbocycles. The van der Waals surface area contributed by atoms with Gasteiger partial charge in [-0.2, -0.15) is 0 Å². The van der Waals surface area contributed by atoms with Gasteiger partial charge < -0.3 is 5.73 Å². The van der Waals surface area contributed by atoms with E-state index in [2.05, 4.69) is 27.7 Å². The van der Waals surface area contributed by atoms with E-state index >= 15 is 0 Å². The Morgan fingerprint density at radius 3 is 1.76 bits per heavy atom. The topological polar surface area (TPSA) is 26.0 Å². The van der Waals surface area contributed by atoms with Crippen LogP contribution in [0.5, 0.6) is 0 Å². The first-order chi connectivity index (χ1) is 16.5. The molecule has 1 unspecified atom stereocenters. The highest BCUT2D eigenvalue weighted by molar-refractivity contribution is 5.00. The van der Waals surface area contributed by atoms with Crippen molar-refractivity contribution in [3.05, 3.63) is 0 Å². The van der Waals surface area contributed by atoms with Crippen molar-refractivity contribution in [3.63, 3.8) is 0 Å². The Balaban J connectivity index is 1.36. The van der Waals surface area contributed by atoms with Gasteiger partial charge in [0.15, 0.2) is 0 Å². The van der Waals surface area contributed by atoms with Crippen LogP contribution in [0.4, 0.5) is 0 Å². The molecule has 0 bridgehead atoms. The van der Waals surface area contributed by atoms with E-state index in [1.54, 1.807) is 19.3 Å². The number of nitrogens with two attached hydrogens (primary N) is 1. The molecule has 2 aliphatic rings. The molecule has 0 aromatic heterocycles. The van der Waals surface area contributed by atoms with Crippen LogP contribution in [0, 0.1) is 29.1 Å². The fraction of sp³-hybridized carbons (Fsp3) is 1.00. The summed E-state index contributed by atoms with van der Waals surface area (Å²) in [5.74, 6) is 4.36. The van der Waals surface area contributed by atoms with Gasteiger partial charge in [0, 0.05) is 6.04 Å². The summed E-state index contributed by atoms with van der Waals surface area (Å²) in [6, 6.07) is 0.463. The molecule has 1 nitrogen and oxygen atoms in total. The summed E-state index contributed by atoms with van der Waals surface area (Å²) in [4.78, 5) is 0. The van der Waals surface area contributed by atoms with E-state index < -0.39 is 0 Å². The van der Waals surface area contributed by atoms with E-state index in [0.29, 0.717) is 11.5 Å². The normalized spacial score (nSPS) is 25.0. The molecule has 2 aliphatic carbocycles. The Bertz CT molecular complexity index is 483. The lowest BCUT2D eigenvalue weighted by molar-refractivity contribution is 0.252. The molecule has 0 aliphatic heterocycles. The van der Waals surface area contributed by atoms with Gasteiger partial charge in [0.2, 0.25) is 0 Å². The van der Waals surface area contributed by atoms with Crippen LogP contribution in [0.3, 0.4) is 0 Å². The Hall–Kier alpha value is -0.0400. The largest absolute Gasteiger partial charge is 0.328 e. The molecule has 0 heterocycles. The molecule has 5 atom stereocenters. The van der Waals surface area contributed by atoms with Crippen LogP contribution in [0.2, 0.25) is 0 Å². The van der Waals surface area contributed by atoms with Crippen molar-refractivity contribution in [1.82, 2.24) is 0 Å². The third-order valence-electron chi connectivity index (χ3n) is 9.60. The number of hydrogen-bond acceptors (Lipinski definition) is 1. The van der Waals surface area contributed by atoms with Crippen molar-refractivity contribution in [2.24, 2.45) is 34.8 Å². The number of rotatable bonds is 24. The lowest BCUT2D eigenvalue weighted by atomic mass is 9.80. The zero-order valence-corrected chi connectivity index (χ0v) is 24.2. The zero-order chi connectivity index (χ0) is 24.7. The summed E-state index contributed by atoms with van der Waals surface area (Å²) in [5.41, 5.74) is 6.96. The summed E-state index contributed by atoms with van der Waals surface area (Å²) in [5, 5.41) is 0. The molecule has 2 rings (SSSR count). The second-order valence-corrected chi connectivity index (χ2v) is 13.4. The molecule has 202 valence electrons. The van der Waals surface area contributed by atoms with Gasteiger partial charge in [-0.3, -0.25) is 0 Å². The first-order valence-corrected chi connectivity index (χ1v) is 16.2. The number of unbranched alkanes of at least 4 members (excludes halogenated alkanes) is 13. The van der Waals surface area contributed by atoms with Crippen LogP contribution >= 0.6 is 0 Å². The minimum Gasteiger partial charge on any atom is -0.328 e. The number of hydrogen-bond donors (Lipinski definition) is 1. The Morgan fingerprint density at radius 1 is 0.618 bits per heavy atom. The molecule has 34 heavy (non-hydrogen) atoms. The Kier molecular flexibility index (Phi) is 15.5. The maximum absolute atomic E-state index is 6.36. The van der Waals surface area contributed by atoms with Gasteiger partial charge in [0.1, 0.15) is 0 Å².